The van der Waals surface area contributed by atoms with E-state index >= 15 is 0 Å². The van der Waals surface area contributed by atoms with E-state index in [0.29, 0.717) is 32.7 Å². The molecule has 0 radical (unpaired) electrons. The molecule has 2 saturated heterocycles. The zero-order valence-corrected chi connectivity index (χ0v) is 19.1. The van der Waals surface area contributed by atoms with Crippen LogP contribution < -0.4 is 0 Å². The van der Waals surface area contributed by atoms with Crippen LogP contribution in [0.25, 0.3) is 0 Å². The standard InChI is InChI=1S/C28H29N3O3/c32-27(29(18-22-10-4-1-5-11-22)19-23-12-6-2-7-13-23)26-17-16-25-20-30(26)28(33)31(25)34-21-24-14-8-3-9-15-24/h1-15,25-26H,16-21H2/t25-,26+/m1/s1. The first-order chi connectivity index (χ1) is 16.7. The van der Waals surface area contributed by atoms with Gasteiger partial charge >= 0.3 is 6.03 Å². The molecule has 0 spiro atoms. The molecule has 174 valence electrons. The fourth-order valence-electron chi connectivity index (χ4n) is 4.80. The first-order valence-corrected chi connectivity index (χ1v) is 11.8. The number of rotatable bonds is 8. The van der Waals surface area contributed by atoms with E-state index in [2.05, 4.69) is 0 Å². The Bertz CT molecular complexity index is 1070. The molecule has 0 N–H and O–H groups in total. The van der Waals surface area contributed by atoms with Crippen LogP contribution in [-0.2, 0) is 29.3 Å². The topological polar surface area (TPSA) is 53.1 Å². The zero-order valence-electron chi connectivity index (χ0n) is 19.1. The van der Waals surface area contributed by atoms with Crippen LogP contribution in [0.2, 0.25) is 0 Å². The lowest BCUT2D eigenvalue weighted by Gasteiger charge is -2.34. The van der Waals surface area contributed by atoms with E-state index in [1.807, 2.05) is 95.9 Å². The Morgan fingerprint density at radius 3 is 1.88 bits per heavy atom. The fraction of sp³-hybridized carbons (Fsp3) is 0.286. The van der Waals surface area contributed by atoms with Gasteiger partial charge in [-0.3, -0.25) is 9.63 Å². The van der Waals surface area contributed by atoms with Crippen molar-refractivity contribution in [2.24, 2.45) is 0 Å². The molecule has 3 aromatic carbocycles. The summed E-state index contributed by atoms with van der Waals surface area (Å²) in [5, 5.41) is 1.49. The number of fused-ring (bicyclic) bond motifs is 2. The van der Waals surface area contributed by atoms with Crippen molar-refractivity contribution in [1.29, 1.82) is 0 Å². The molecular formula is C28H29N3O3. The number of hydroxylamine groups is 2. The fourth-order valence-corrected chi connectivity index (χ4v) is 4.80. The van der Waals surface area contributed by atoms with E-state index in [9.17, 15) is 9.59 Å². The summed E-state index contributed by atoms with van der Waals surface area (Å²) in [6.07, 6.45) is 1.39. The molecule has 2 aliphatic heterocycles. The van der Waals surface area contributed by atoms with Crippen molar-refractivity contribution in [2.75, 3.05) is 6.54 Å². The van der Waals surface area contributed by atoms with E-state index in [-0.39, 0.29) is 18.0 Å². The molecule has 34 heavy (non-hydrogen) atoms. The molecule has 2 heterocycles. The second kappa shape index (κ2) is 10.1. The Morgan fingerprint density at radius 2 is 1.32 bits per heavy atom. The van der Waals surface area contributed by atoms with Gasteiger partial charge in [-0.05, 0) is 29.5 Å². The van der Waals surface area contributed by atoms with Crippen LogP contribution >= 0.6 is 0 Å². The van der Waals surface area contributed by atoms with Crippen LogP contribution in [0.3, 0.4) is 0 Å². The number of hydrogen-bond donors (Lipinski definition) is 0. The lowest BCUT2D eigenvalue weighted by atomic mass is 9.99. The van der Waals surface area contributed by atoms with Crippen molar-refractivity contribution >= 4 is 11.9 Å². The maximum Gasteiger partial charge on any atom is 0.345 e. The highest BCUT2D eigenvalue weighted by molar-refractivity contribution is 5.88. The molecular weight excluding hydrogens is 426 g/mol. The average molecular weight is 456 g/mol. The van der Waals surface area contributed by atoms with E-state index in [1.165, 1.54) is 5.06 Å². The van der Waals surface area contributed by atoms with E-state index in [4.69, 9.17) is 4.84 Å². The number of nitrogens with zero attached hydrogens (tertiary/aromatic N) is 3. The summed E-state index contributed by atoms with van der Waals surface area (Å²) in [4.78, 5) is 36.5. The van der Waals surface area contributed by atoms with Crippen molar-refractivity contribution in [3.8, 4) is 0 Å². The van der Waals surface area contributed by atoms with Crippen molar-refractivity contribution < 1.29 is 14.4 Å². The highest BCUT2D eigenvalue weighted by atomic mass is 16.7. The summed E-state index contributed by atoms with van der Waals surface area (Å²) in [5.41, 5.74) is 3.15. The van der Waals surface area contributed by atoms with Gasteiger partial charge in [-0.15, -0.1) is 0 Å². The van der Waals surface area contributed by atoms with Crippen molar-refractivity contribution in [1.82, 2.24) is 14.9 Å². The van der Waals surface area contributed by atoms with Crippen LogP contribution in [0, 0.1) is 0 Å². The van der Waals surface area contributed by atoms with Gasteiger partial charge in [0.25, 0.3) is 0 Å². The Morgan fingerprint density at radius 1 is 0.794 bits per heavy atom. The molecule has 2 atom stereocenters. The number of amides is 3. The Balaban J connectivity index is 1.31. The molecule has 2 aliphatic rings. The van der Waals surface area contributed by atoms with Crippen LogP contribution in [0.1, 0.15) is 29.5 Å². The quantitative estimate of drug-likeness (QED) is 0.498. The van der Waals surface area contributed by atoms with Crippen molar-refractivity contribution in [3.63, 3.8) is 0 Å². The summed E-state index contributed by atoms with van der Waals surface area (Å²) >= 11 is 0. The minimum absolute atomic E-state index is 0.00980. The van der Waals surface area contributed by atoms with Crippen molar-refractivity contribution in [3.05, 3.63) is 108 Å². The van der Waals surface area contributed by atoms with E-state index in [1.54, 1.807) is 4.90 Å². The van der Waals surface area contributed by atoms with Gasteiger partial charge in [-0.1, -0.05) is 91.0 Å². The average Bonchev–Trinajstić information content (AvgIpc) is 3.13. The van der Waals surface area contributed by atoms with E-state index < -0.39 is 6.04 Å². The van der Waals surface area contributed by atoms with Gasteiger partial charge in [0, 0.05) is 19.6 Å². The third-order valence-corrected chi connectivity index (χ3v) is 6.57. The zero-order chi connectivity index (χ0) is 23.3. The number of benzene rings is 3. The molecule has 3 amide bonds. The van der Waals surface area contributed by atoms with Gasteiger partial charge in [0.1, 0.15) is 12.6 Å². The summed E-state index contributed by atoms with van der Waals surface area (Å²) in [5.74, 6) is -0.00980. The van der Waals surface area contributed by atoms with Gasteiger partial charge in [-0.2, -0.15) is 5.06 Å². The lowest BCUT2D eigenvalue weighted by molar-refractivity contribution is -0.141. The Hall–Kier alpha value is -3.64. The molecule has 5 rings (SSSR count). The molecule has 2 fully saturated rings. The molecule has 6 heteroatoms. The smallest absolute Gasteiger partial charge is 0.332 e. The first kappa shape index (κ1) is 22.2. The Kier molecular flexibility index (Phi) is 6.58. The molecule has 0 unspecified atom stereocenters. The summed E-state index contributed by atoms with van der Waals surface area (Å²) in [7, 11) is 0. The minimum atomic E-state index is -0.471. The second-order valence-corrected chi connectivity index (χ2v) is 8.93. The second-order valence-electron chi connectivity index (χ2n) is 8.93. The van der Waals surface area contributed by atoms with Crippen molar-refractivity contribution in [2.45, 2.75) is 44.6 Å². The largest absolute Gasteiger partial charge is 0.345 e. The first-order valence-electron chi connectivity index (χ1n) is 11.8. The maximum atomic E-state index is 13.8. The predicted octanol–water partition coefficient (Wildman–Crippen LogP) is 4.62. The van der Waals surface area contributed by atoms with Gasteiger partial charge in [0.2, 0.25) is 5.91 Å². The van der Waals surface area contributed by atoms with Crippen LogP contribution in [0.4, 0.5) is 4.79 Å². The van der Waals surface area contributed by atoms with Crippen LogP contribution in [0.15, 0.2) is 91.0 Å². The third-order valence-electron chi connectivity index (χ3n) is 6.57. The predicted molar refractivity (Wildman–Crippen MR) is 129 cm³/mol. The summed E-state index contributed by atoms with van der Waals surface area (Å²) in [6, 6.07) is 29.1. The normalized spacial score (nSPS) is 19.4. The molecule has 0 saturated carbocycles. The monoisotopic (exact) mass is 455 g/mol. The molecule has 0 aromatic heterocycles. The third kappa shape index (κ3) is 4.82. The SMILES string of the molecule is O=C([C@@H]1CC[C@@H]2CN1C(=O)N2OCc1ccccc1)N(Cc1ccccc1)Cc1ccccc1. The van der Waals surface area contributed by atoms with E-state index in [0.717, 1.165) is 23.1 Å². The van der Waals surface area contributed by atoms with Gasteiger partial charge in [0.15, 0.2) is 0 Å². The number of piperidine rings is 1. The lowest BCUT2D eigenvalue weighted by Crippen LogP contribution is -2.50. The number of hydrogen-bond acceptors (Lipinski definition) is 3. The van der Waals surface area contributed by atoms with Gasteiger partial charge in [0.05, 0.1) is 6.04 Å². The summed E-state index contributed by atoms with van der Waals surface area (Å²) in [6.45, 7) is 1.87. The highest BCUT2D eigenvalue weighted by Crippen LogP contribution is 2.32. The number of carbonyl (C=O) groups is 2. The van der Waals surface area contributed by atoms with Gasteiger partial charge in [-0.25, -0.2) is 4.79 Å². The maximum absolute atomic E-state index is 13.8. The molecule has 0 aliphatic carbocycles. The van der Waals surface area contributed by atoms with Crippen LogP contribution in [0.5, 0.6) is 0 Å². The van der Waals surface area contributed by atoms with Crippen LogP contribution in [-0.4, -0.2) is 45.4 Å². The highest BCUT2D eigenvalue weighted by Gasteiger charge is 2.48. The van der Waals surface area contributed by atoms with Gasteiger partial charge < -0.3 is 9.80 Å². The molecule has 6 nitrogen and oxygen atoms in total. The molecule has 3 aromatic rings. The Labute approximate surface area is 200 Å². The summed E-state index contributed by atoms with van der Waals surface area (Å²) < 4.78 is 0. The number of carbonyl (C=O) groups excluding carboxylic acids is 2. The minimum Gasteiger partial charge on any atom is -0.332 e. The number of urea groups is 1. The molecule has 2 bridgehead atoms.